The van der Waals surface area contributed by atoms with Crippen LogP contribution in [0.15, 0.2) is 11.5 Å². The molecule has 1 aliphatic rings. The minimum absolute atomic E-state index is 0.0196. The average molecular weight is 279 g/mol. The van der Waals surface area contributed by atoms with E-state index < -0.39 is 0 Å². The molecule has 1 fully saturated rings. The van der Waals surface area contributed by atoms with Crippen molar-refractivity contribution in [3.63, 3.8) is 0 Å². The van der Waals surface area contributed by atoms with Crippen LogP contribution in [0.4, 0.5) is 0 Å². The molecule has 0 unspecified atom stereocenters. The van der Waals surface area contributed by atoms with Crippen molar-refractivity contribution in [3.05, 3.63) is 22.2 Å². The zero-order valence-corrected chi connectivity index (χ0v) is 11.9. The largest absolute Gasteiger partial charge is 0.339 e. The highest BCUT2D eigenvalue weighted by Gasteiger charge is 2.20. The normalized spacial score (nSPS) is 16.1. The minimum Gasteiger partial charge on any atom is -0.339 e. The molecule has 0 radical (unpaired) electrons. The van der Waals surface area contributed by atoms with Crippen molar-refractivity contribution in [2.24, 2.45) is 0 Å². The van der Waals surface area contributed by atoms with Crippen LogP contribution >= 0.6 is 11.3 Å². The number of carbonyl (C=O) groups excluding carboxylic acids is 2. The molecule has 1 aromatic rings. The first-order valence-corrected chi connectivity index (χ1v) is 7.09. The van der Waals surface area contributed by atoms with Crippen LogP contribution in [0.25, 0.3) is 6.08 Å². The summed E-state index contributed by atoms with van der Waals surface area (Å²) < 4.78 is 0. The maximum absolute atomic E-state index is 12.0. The van der Waals surface area contributed by atoms with Gasteiger partial charge in [0.2, 0.25) is 11.8 Å². The number of nitrogens with zero attached hydrogens (tertiary/aromatic N) is 3. The number of aromatic nitrogens is 1. The topological polar surface area (TPSA) is 53.5 Å². The van der Waals surface area contributed by atoms with Crippen molar-refractivity contribution in [3.8, 4) is 0 Å². The monoisotopic (exact) mass is 279 g/mol. The van der Waals surface area contributed by atoms with Crippen LogP contribution in [-0.2, 0) is 9.59 Å². The van der Waals surface area contributed by atoms with E-state index in [0.717, 1.165) is 10.7 Å². The van der Waals surface area contributed by atoms with E-state index in [1.54, 1.807) is 40.2 Å². The molecule has 19 heavy (non-hydrogen) atoms. The Morgan fingerprint density at radius 3 is 2.42 bits per heavy atom. The van der Waals surface area contributed by atoms with Gasteiger partial charge in [-0.05, 0) is 13.0 Å². The van der Waals surface area contributed by atoms with Crippen LogP contribution in [0, 0.1) is 6.92 Å². The first-order chi connectivity index (χ1) is 9.06. The second-order valence-corrected chi connectivity index (χ2v) is 5.52. The van der Waals surface area contributed by atoms with E-state index >= 15 is 0 Å². The molecule has 5 nitrogen and oxygen atoms in total. The van der Waals surface area contributed by atoms with Gasteiger partial charge in [0.05, 0.1) is 10.7 Å². The second kappa shape index (κ2) is 5.97. The fourth-order valence-corrected chi connectivity index (χ4v) is 2.54. The SMILES string of the molecule is CC(=O)N1CCN(C(=O)C=Cc2csc(C)n2)CC1. The Balaban J connectivity index is 1.88. The molecular formula is C13H17N3O2S. The van der Waals surface area contributed by atoms with Crippen LogP contribution < -0.4 is 0 Å². The van der Waals surface area contributed by atoms with Gasteiger partial charge in [0, 0.05) is 44.6 Å². The van der Waals surface area contributed by atoms with Gasteiger partial charge >= 0.3 is 0 Å². The van der Waals surface area contributed by atoms with Crippen LogP contribution in [0.2, 0.25) is 0 Å². The van der Waals surface area contributed by atoms with E-state index in [1.807, 2.05) is 12.3 Å². The maximum atomic E-state index is 12.0. The zero-order valence-electron chi connectivity index (χ0n) is 11.1. The van der Waals surface area contributed by atoms with E-state index in [2.05, 4.69) is 4.98 Å². The van der Waals surface area contributed by atoms with E-state index in [9.17, 15) is 9.59 Å². The Morgan fingerprint density at radius 1 is 1.26 bits per heavy atom. The Kier molecular flexibility index (Phi) is 4.31. The standard InChI is InChI=1S/C13H17N3O2S/c1-10-14-12(9-19-10)3-4-13(18)16-7-5-15(6-8-16)11(2)17/h3-4,9H,5-8H2,1-2H3. The lowest BCUT2D eigenvalue weighted by Gasteiger charge is -2.33. The average Bonchev–Trinajstić information content (AvgIpc) is 2.82. The summed E-state index contributed by atoms with van der Waals surface area (Å²) in [7, 11) is 0. The maximum Gasteiger partial charge on any atom is 0.246 e. The second-order valence-electron chi connectivity index (χ2n) is 4.46. The van der Waals surface area contributed by atoms with Gasteiger partial charge in [0.25, 0.3) is 0 Å². The van der Waals surface area contributed by atoms with Gasteiger partial charge in [-0.25, -0.2) is 4.98 Å². The minimum atomic E-state index is -0.0196. The predicted octanol–water partition coefficient (Wildman–Crippen LogP) is 1.16. The molecular weight excluding hydrogens is 262 g/mol. The van der Waals surface area contributed by atoms with Gasteiger partial charge in [0.1, 0.15) is 0 Å². The molecule has 102 valence electrons. The number of rotatable bonds is 2. The molecule has 6 heteroatoms. The Bertz CT molecular complexity index is 502. The summed E-state index contributed by atoms with van der Waals surface area (Å²) in [6.45, 7) is 5.92. The van der Waals surface area contributed by atoms with Gasteiger partial charge in [-0.1, -0.05) is 0 Å². The van der Waals surface area contributed by atoms with Gasteiger partial charge in [0.15, 0.2) is 0 Å². The third kappa shape index (κ3) is 3.64. The molecule has 2 amide bonds. The molecule has 1 saturated heterocycles. The van der Waals surface area contributed by atoms with Crippen molar-refractivity contribution in [2.75, 3.05) is 26.2 Å². The number of carbonyl (C=O) groups is 2. The number of aryl methyl sites for hydroxylation is 1. The van der Waals surface area contributed by atoms with E-state index in [4.69, 9.17) is 0 Å². The molecule has 0 bridgehead atoms. The highest BCUT2D eigenvalue weighted by molar-refractivity contribution is 7.09. The lowest BCUT2D eigenvalue weighted by Crippen LogP contribution is -2.49. The molecule has 0 aromatic carbocycles. The van der Waals surface area contributed by atoms with Gasteiger partial charge in [-0.3, -0.25) is 9.59 Å². The Hall–Kier alpha value is -1.69. The predicted molar refractivity (Wildman–Crippen MR) is 74.7 cm³/mol. The van der Waals surface area contributed by atoms with Crippen molar-refractivity contribution in [1.82, 2.24) is 14.8 Å². The molecule has 1 aliphatic heterocycles. The quantitative estimate of drug-likeness (QED) is 0.763. The number of hydrogen-bond donors (Lipinski definition) is 0. The van der Waals surface area contributed by atoms with Gasteiger partial charge in [-0.2, -0.15) is 0 Å². The fraction of sp³-hybridized carbons (Fsp3) is 0.462. The highest BCUT2D eigenvalue weighted by Crippen LogP contribution is 2.10. The van der Waals surface area contributed by atoms with Crippen molar-refractivity contribution >= 4 is 29.2 Å². The number of amides is 2. The molecule has 0 spiro atoms. The summed E-state index contributed by atoms with van der Waals surface area (Å²) in [6, 6.07) is 0. The van der Waals surface area contributed by atoms with E-state index in [0.29, 0.717) is 26.2 Å². The highest BCUT2D eigenvalue weighted by atomic mass is 32.1. The van der Waals surface area contributed by atoms with Crippen molar-refractivity contribution in [2.45, 2.75) is 13.8 Å². The number of piperazine rings is 1. The lowest BCUT2D eigenvalue weighted by atomic mass is 10.3. The number of hydrogen-bond acceptors (Lipinski definition) is 4. The van der Waals surface area contributed by atoms with E-state index in [1.165, 1.54) is 0 Å². The van der Waals surface area contributed by atoms with Crippen LogP contribution in [0.3, 0.4) is 0 Å². The molecule has 0 N–H and O–H groups in total. The molecule has 0 saturated carbocycles. The molecule has 2 heterocycles. The van der Waals surface area contributed by atoms with Crippen LogP contribution in [-0.4, -0.2) is 52.8 Å². The Labute approximate surface area is 116 Å². The molecule has 0 atom stereocenters. The summed E-state index contributed by atoms with van der Waals surface area (Å²) in [5.74, 6) is 0.0504. The summed E-state index contributed by atoms with van der Waals surface area (Å²) in [5, 5.41) is 2.91. The van der Waals surface area contributed by atoms with Crippen molar-refractivity contribution in [1.29, 1.82) is 0 Å². The van der Waals surface area contributed by atoms with Crippen molar-refractivity contribution < 1.29 is 9.59 Å². The summed E-state index contributed by atoms with van der Waals surface area (Å²) >= 11 is 1.56. The summed E-state index contributed by atoms with van der Waals surface area (Å²) in [5.41, 5.74) is 0.818. The summed E-state index contributed by atoms with van der Waals surface area (Å²) in [4.78, 5) is 30.9. The van der Waals surface area contributed by atoms with Crippen LogP contribution in [0.5, 0.6) is 0 Å². The smallest absolute Gasteiger partial charge is 0.246 e. The number of thiazole rings is 1. The van der Waals surface area contributed by atoms with E-state index in [-0.39, 0.29) is 11.8 Å². The first kappa shape index (κ1) is 13.7. The molecule has 0 aliphatic carbocycles. The molecule has 2 rings (SSSR count). The Morgan fingerprint density at radius 2 is 1.89 bits per heavy atom. The fourth-order valence-electron chi connectivity index (χ4n) is 1.96. The summed E-state index contributed by atoms with van der Waals surface area (Å²) in [6.07, 6.45) is 3.29. The first-order valence-electron chi connectivity index (χ1n) is 6.21. The lowest BCUT2D eigenvalue weighted by molar-refractivity contribution is -0.135. The van der Waals surface area contributed by atoms with Gasteiger partial charge in [-0.15, -0.1) is 11.3 Å². The molecule has 1 aromatic heterocycles. The van der Waals surface area contributed by atoms with Gasteiger partial charge < -0.3 is 9.80 Å². The zero-order chi connectivity index (χ0) is 13.8. The third-order valence-electron chi connectivity index (χ3n) is 3.07. The van der Waals surface area contributed by atoms with Crippen LogP contribution in [0.1, 0.15) is 17.6 Å². The third-order valence-corrected chi connectivity index (χ3v) is 3.86.